The van der Waals surface area contributed by atoms with E-state index in [0.29, 0.717) is 11.6 Å². The molecule has 2 aliphatic heterocycles. The van der Waals surface area contributed by atoms with Gasteiger partial charge < -0.3 is 0 Å². The molecule has 0 aromatic carbocycles. The van der Waals surface area contributed by atoms with Crippen LogP contribution >= 0.6 is 0 Å². The Bertz CT molecular complexity index is 134. The van der Waals surface area contributed by atoms with Crippen molar-refractivity contribution < 1.29 is 0 Å². The minimum atomic E-state index is -1.45. The van der Waals surface area contributed by atoms with Crippen LogP contribution in [-0.2, 0) is 0 Å². The predicted octanol–water partition coefficient (Wildman–Crippen LogP) is 2.10. The summed E-state index contributed by atoms with van der Waals surface area (Å²) in [5, 5.41) is 0. The van der Waals surface area contributed by atoms with Crippen LogP contribution in [0.4, 0.5) is 0 Å². The van der Waals surface area contributed by atoms with E-state index in [4.69, 9.17) is 2.67 Å². The predicted molar refractivity (Wildman–Crippen MR) is 43.7 cm³/mol. The normalized spacial score (nSPS) is 51.6. The molecule has 2 bridgehead atoms. The van der Waals surface area contributed by atoms with Crippen molar-refractivity contribution in [3.63, 3.8) is 0 Å². The first-order valence-corrected chi connectivity index (χ1v) is 4.30. The molecule has 0 aromatic rings. The molecule has 52 valence electrons. The summed E-state index contributed by atoms with van der Waals surface area (Å²) in [5.74, 6) is 0.921. The van der Waals surface area contributed by atoms with Gasteiger partial charge in [0.25, 0.3) is 0 Å². The van der Waals surface area contributed by atoms with Crippen LogP contribution in [0.25, 0.3) is 0 Å². The fraction of sp³-hybridized carbons (Fsp3) is 1.00. The molecule has 2 fully saturated rings. The number of fused-ring (bicyclic) bond motifs is 2. The number of hydrogen-bond donors (Lipinski definition) is 0. The third kappa shape index (κ3) is 1.15. The fourth-order valence-electron chi connectivity index (χ4n) is 2.34. The first-order valence-electron chi connectivity index (χ1n) is 5.45. The Labute approximate surface area is 61.0 Å². The van der Waals surface area contributed by atoms with Gasteiger partial charge in [0, 0.05) is 0 Å². The summed E-state index contributed by atoms with van der Waals surface area (Å²) < 4.78 is 15.9. The van der Waals surface area contributed by atoms with Gasteiger partial charge >= 0.3 is 0 Å². The highest BCUT2D eigenvalue weighted by Gasteiger charge is 2.19. The molecule has 0 atom stereocenters. The zero-order valence-corrected chi connectivity index (χ0v) is 5.97. The molecule has 0 saturated carbocycles. The van der Waals surface area contributed by atoms with E-state index in [-0.39, 0.29) is 0 Å². The minimum Gasteiger partial charge on any atom is -0.225 e. The Morgan fingerprint density at radius 2 is 1.44 bits per heavy atom. The highest BCUT2D eigenvalue weighted by atomic mass is 14.2. The highest BCUT2D eigenvalue weighted by Crippen LogP contribution is 2.40. The lowest BCUT2D eigenvalue weighted by Crippen LogP contribution is -2.21. The first-order chi connectivity index (χ1) is 5.21. The lowest BCUT2D eigenvalue weighted by Gasteiger charge is -2.39. The summed E-state index contributed by atoms with van der Waals surface area (Å²) in [5.41, 5.74) is 0. The lowest BCUT2D eigenvalue weighted by molar-refractivity contribution is 0.455. The van der Waals surface area contributed by atoms with Gasteiger partial charge in [-0.3, -0.25) is 0 Å². The van der Waals surface area contributed by atoms with E-state index < -0.39 is 7.21 Å². The van der Waals surface area contributed by atoms with E-state index in [9.17, 15) is 0 Å². The van der Waals surface area contributed by atoms with Gasteiger partial charge in [0.1, 0.15) is 0 Å². The maximum absolute atomic E-state index is 7.97. The molecule has 0 aromatic heterocycles. The summed E-state index contributed by atoms with van der Waals surface area (Å²) >= 11 is 0. The molecular formula is C8H16B-. The Hall–Kier alpha value is 0.0649. The van der Waals surface area contributed by atoms with Crippen molar-refractivity contribution in [2.24, 2.45) is 0 Å². The third-order valence-corrected chi connectivity index (χ3v) is 2.84. The van der Waals surface area contributed by atoms with Crippen molar-refractivity contribution in [3.8, 4) is 0 Å². The molecule has 1 heteroatoms. The van der Waals surface area contributed by atoms with Gasteiger partial charge in [0.05, 0.1) is 0 Å². The molecule has 0 N–H and O–H groups in total. The maximum Gasteiger partial charge on any atom is -0.0261 e. The molecule has 2 saturated heterocycles. The minimum absolute atomic E-state index is 0.461. The van der Waals surface area contributed by atoms with Crippen LogP contribution < -0.4 is 0 Å². The summed E-state index contributed by atoms with van der Waals surface area (Å²) in [6, 6.07) is 0. The maximum atomic E-state index is 7.97. The Morgan fingerprint density at radius 3 is 1.78 bits per heavy atom. The van der Waals surface area contributed by atoms with Crippen LogP contribution in [0.3, 0.4) is 0 Å². The van der Waals surface area contributed by atoms with Crippen LogP contribution in [0.5, 0.6) is 0 Å². The van der Waals surface area contributed by atoms with Gasteiger partial charge in [-0.15, -0.1) is 0 Å². The average Bonchev–Trinajstić information content (AvgIpc) is 1.82. The quantitative estimate of drug-likeness (QED) is 0.437. The van der Waals surface area contributed by atoms with Crippen molar-refractivity contribution in [2.45, 2.75) is 50.2 Å². The molecule has 2 rings (SSSR count). The first kappa shape index (κ1) is 4.05. The van der Waals surface area contributed by atoms with Crippen LogP contribution in [0.15, 0.2) is 0 Å². The zero-order valence-electron chi connectivity index (χ0n) is 7.97. The largest absolute Gasteiger partial charge is 0.225 e. The Morgan fingerprint density at radius 1 is 1.00 bits per heavy atom. The van der Waals surface area contributed by atoms with Gasteiger partial charge in [-0.1, -0.05) is 38.5 Å². The van der Waals surface area contributed by atoms with Gasteiger partial charge in [0.15, 0.2) is 0 Å². The third-order valence-electron chi connectivity index (χ3n) is 2.84. The van der Waals surface area contributed by atoms with Crippen molar-refractivity contribution >= 4 is 7.21 Å². The summed E-state index contributed by atoms with van der Waals surface area (Å²) in [6.07, 6.45) is 7.26. The van der Waals surface area contributed by atoms with Crippen molar-refractivity contribution in [1.29, 1.82) is 2.67 Å². The molecule has 0 spiro atoms. The second-order valence-electron chi connectivity index (χ2n) is 3.57. The number of hydrogen-bond acceptors (Lipinski definition) is 0. The van der Waals surface area contributed by atoms with E-state index in [1.807, 2.05) is 0 Å². The lowest BCUT2D eigenvalue weighted by atomic mass is 9.44. The second kappa shape index (κ2) is 2.36. The van der Waals surface area contributed by atoms with Crippen LogP contribution in [0, 0.1) is 0 Å². The van der Waals surface area contributed by atoms with E-state index in [0.717, 1.165) is 0 Å². The van der Waals surface area contributed by atoms with E-state index in [2.05, 4.69) is 0 Å². The smallest absolute Gasteiger partial charge is 0.0261 e. The topological polar surface area (TPSA) is 0 Å². The van der Waals surface area contributed by atoms with E-state index in [1.165, 1.54) is 38.5 Å². The van der Waals surface area contributed by atoms with Crippen molar-refractivity contribution in [1.82, 2.24) is 0 Å². The molecule has 0 radical (unpaired) electrons. The fourth-order valence-corrected chi connectivity index (χ4v) is 2.34. The monoisotopic (exact) mass is 127 g/mol. The van der Waals surface area contributed by atoms with Crippen LogP contribution in [0.2, 0.25) is 11.6 Å². The second-order valence-corrected chi connectivity index (χ2v) is 3.57. The molecule has 0 amide bonds. The average molecular weight is 127 g/mol. The SMILES string of the molecule is [3H][B-]1([3H])C2CCCC1CCC2. The van der Waals surface area contributed by atoms with Gasteiger partial charge in [-0.05, 0) is 7.21 Å². The van der Waals surface area contributed by atoms with Gasteiger partial charge in [-0.2, -0.15) is 11.6 Å². The Balaban J connectivity index is 2.17. The molecule has 0 nitrogen and oxygen atoms in total. The van der Waals surface area contributed by atoms with Crippen molar-refractivity contribution in [2.75, 3.05) is 0 Å². The molecule has 2 aliphatic rings. The summed E-state index contributed by atoms with van der Waals surface area (Å²) in [6.45, 7) is 0. The van der Waals surface area contributed by atoms with Crippen LogP contribution in [0.1, 0.15) is 38.5 Å². The van der Waals surface area contributed by atoms with E-state index >= 15 is 0 Å². The van der Waals surface area contributed by atoms with Crippen molar-refractivity contribution in [3.05, 3.63) is 0 Å². The molecule has 0 aliphatic carbocycles. The molecule has 2 heterocycles. The van der Waals surface area contributed by atoms with Crippen LogP contribution in [-0.4, -0.2) is 9.88 Å². The zero-order chi connectivity index (χ0) is 7.90. The Kier molecular flexibility index (Phi) is 1.06. The number of rotatable bonds is 0. The van der Waals surface area contributed by atoms with E-state index in [1.54, 1.807) is 0 Å². The summed E-state index contributed by atoms with van der Waals surface area (Å²) in [7, 11) is -1.45. The molecular weight excluding hydrogens is 107 g/mol. The van der Waals surface area contributed by atoms with Gasteiger partial charge in [0.2, 0.25) is 0 Å². The standard InChI is InChI=1S/C8H16B/c1-3-7-5-2-6-8(4-1)9-7/h7-8H,1-6,9H2/q-1/i9T2. The summed E-state index contributed by atoms with van der Waals surface area (Å²) in [4.78, 5) is 0. The molecule has 9 heavy (non-hydrogen) atoms. The highest BCUT2D eigenvalue weighted by molar-refractivity contribution is 6.40. The molecule has 0 unspecified atom stereocenters. The van der Waals surface area contributed by atoms with Gasteiger partial charge in [-0.25, -0.2) is 2.67 Å².